The standard InChI is InChI=1S/C21H37N3O3/c1-3-17-14-18(13-16(2)22-10-4-7-19(22)25)24-12-6-9-21(24)27-15-26-20-8-5-11-23(17)20/h16-18,20-21H,3-15H2,1-2H3. The van der Waals surface area contributed by atoms with E-state index in [0.29, 0.717) is 30.8 Å². The predicted octanol–water partition coefficient (Wildman–Crippen LogP) is 2.77. The topological polar surface area (TPSA) is 45.3 Å². The van der Waals surface area contributed by atoms with Gasteiger partial charge < -0.3 is 14.4 Å². The van der Waals surface area contributed by atoms with E-state index in [0.717, 1.165) is 64.6 Å². The zero-order valence-corrected chi connectivity index (χ0v) is 17.1. The van der Waals surface area contributed by atoms with Crippen LogP contribution in [0, 0.1) is 0 Å². The molecular weight excluding hydrogens is 342 g/mol. The monoisotopic (exact) mass is 379 g/mol. The molecule has 0 aromatic carbocycles. The number of nitrogens with zero attached hydrogens (tertiary/aromatic N) is 3. The summed E-state index contributed by atoms with van der Waals surface area (Å²) >= 11 is 0. The first-order valence-electron chi connectivity index (χ1n) is 11.2. The molecule has 1 amide bonds. The van der Waals surface area contributed by atoms with Gasteiger partial charge in [-0.25, -0.2) is 0 Å². The zero-order valence-electron chi connectivity index (χ0n) is 17.1. The molecule has 4 aliphatic heterocycles. The Labute approximate surface area is 164 Å². The summed E-state index contributed by atoms with van der Waals surface area (Å²) in [5, 5.41) is 0. The largest absolute Gasteiger partial charge is 0.340 e. The van der Waals surface area contributed by atoms with E-state index < -0.39 is 0 Å². The van der Waals surface area contributed by atoms with Crippen LogP contribution in [0.2, 0.25) is 0 Å². The van der Waals surface area contributed by atoms with Gasteiger partial charge in [-0.15, -0.1) is 0 Å². The van der Waals surface area contributed by atoms with Crippen molar-refractivity contribution in [2.45, 2.75) is 102 Å². The van der Waals surface area contributed by atoms with Crippen LogP contribution in [0.3, 0.4) is 0 Å². The third-order valence-corrected chi connectivity index (χ3v) is 7.20. The van der Waals surface area contributed by atoms with Crippen LogP contribution in [0.4, 0.5) is 0 Å². The van der Waals surface area contributed by atoms with Gasteiger partial charge in [-0.2, -0.15) is 0 Å². The van der Waals surface area contributed by atoms with Crippen molar-refractivity contribution < 1.29 is 14.3 Å². The number of hydrogen-bond acceptors (Lipinski definition) is 5. The van der Waals surface area contributed by atoms with E-state index in [1.807, 2.05) is 0 Å². The number of amides is 1. The molecule has 0 aliphatic carbocycles. The Balaban J connectivity index is 1.52. The van der Waals surface area contributed by atoms with Crippen LogP contribution in [0.1, 0.15) is 71.6 Å². The second-order valence-corrected chi connectivity index (χ2v) is 8.85. The van der Waals surface area contributed by atoms with Crippen molar-refractivity contribution in [1.29, 1.82) is 0 Å². The van der Waals surface area contributed by atoms with Gasteiger partial charge in [0.15, 0.2) is 6.79 Å². The van der Waals surface area contributed by atoms with Crippen molar-refractivity contribution in [2.24, 2.45) is 0 Å². The molecule has 5 unspecified atom stereocenters. The van der Waals surface area contributed by atoms with Crippen molar-refractivity contribution in [3.05, 3.63) is 0 Å². The molecule has 6 nitrogen and oxygen atoms in total. The van der Waals surface area contributed by atoms with Gasteiger partial charge in [0.1, 0.15) is 12.5 Å². The fourth-order valence-corrected chi connectivity index (χ4v) is 5.78. The molecule has 6 heteroatoms. The van der Waals surface area contributed by atoms with E-state index in [9.17, 15) is 4.79 Å². The van der Waals surface area contributed by atoms with Gasteiger partial charge in [0.25, 0.3) is 0 Å². The van der Waals surface area contributed by atoms with Crippen molar-refractivity contribution in [3.8, 4) is 0 Å². The molecular formula is C21H37N3O3. The summed E-state index contributed by atoms with van der Waals surface area (Å²) in [4.78, 5) is 19.5. The first-order chi connectivity index (χ1) is 13.2. The number of ether oxygens (including phenoxy) is 2. The minimum absolute atomic E-state index is 0.182. The van der Waals surface area contributed by atoms with Crippen LogP contribution in [-0.2, 0) is 14.3 Å². The lowest BCUT2D eigenvalue weighted by Gasteiger charge is -2.42. The summed E-state index contributed by atoms with van der Waals surface area (Å²) in [5.74, 6) is 0.344. The lowest BCUT2D eigenvalue weighted by atomic mass is 9.96. The lowest BCUT2D eigenvalue weighted by Crippen LogP contribution is -2.51. The quantitative estimate of drug-likeness (QED) is 0.752. The van der Waals surface area contributed by atoms with Crippen LogP contribution < -0.4 is 0 Å². The van der Waals surface area contributed by atoms with Gasteiger partial charge in [0, 0.05) is 44.2 Å². The van der Waals surface area contributed by atoms with Crippen LogP contribution in [0.5, 0.6) is 0 Å². The Hall–Kier alpha value is -0.690. The summed E-state index contributed by atoms with van der Waals surface area (Å²) in [7, 11) is 0. The van der Waals surface area contributed by atoms with E-state index in [-0.39, 0.29) is 12.5 Å². The van der Waals surface area contributed by atoms with Gasteiger partial charge in [0.2, 0.25) is 5.91 Å². The number of carbonyl (C=O) groups excluding carboxylic acids is 1. The zero-order chi connectivity index (χ0) is 18.8. The second kappa shape index (κ2) is 8.76. The molecule has 0 spiro atoms. The molecule has 4 fully saturated rings. The molecule has 0 bridgehead atoms. The number of carbonyl (C=O) groups is 1. The third-order valence-electron chi connectivity index (χ3n) is 7.20. The lowest BCUT2D eigenvalue weighted by molar-refractivity contribution is -0.194. The molecule has 4 aliphatic rings. The summed E-state index contributed by atoms with van der Waals surface area (Å²) in [6.07, 6.45) is 10.2. The Morgan fingerprint density at radius 2 is 1.67 bits per heavy atom. The summed E-state index contributed by atoms with van der Waals surface area (Å²) < 4.78 is 12.3. The number of fused-ring (bicyclic) bond motifs is 2. The molecule has 0 aromatic heterocycles. The SMILES string of the molecule is CCC1CC(CC(C)N2CCCC2=O)N2CCCC2OCOC2CCCN12. The maximum atomic E-state index is 12.2. The molecule has 0 N–H and O–H groups in total. The normalized spacial score (nSPS) is 37.4. The number of rotatable bonds is 4. The van der Waals surface area contributed by atoms with Crippen molar-refractivity contribution in [3.63, 3.8) is 0 Å². The van der Waals surface area contributed by atoms with E-state index in [1.54, 1.807) is 0 Å². The molecule has 0 radical (unpaired) electrons. The fourth-order valence-electron chi connectivity index (χ4n) is 5.78. The fraction of sp³-hybridized carbons (Fsp3) is 0.952. The summed E-state index contributed by atoms with van der Waals surface area (Å²) in [6.45, 7) is 8.15. The Bertz CT molecular complexity index is 517. The molecule has 154 valence electrons. The maximum absolute atomic E-state index is 12.2. The van der Waals surface area contributed by atoms with Crippen LogP contribution >= 0.6 is 0 Å². The van der Waals surface area contributed by atoms with E-state index in [4.69, 9.17) is 9.47 Å². The highest BCUT2D eigenvalue weighted by Crippen LogP contribution is 2.33. The highest BCUT2D eigenvalue weighted by molar-refractivity contribution is 5.78. The first kappa shape index (κ1) is 19.6. The van der Waals surface area contributed by atoms with Gasteiger partial charge in [-0.05, 0) is 58.3 Å². The molecule has 4 rings (SSSR count). The minimum atomic E-state index is 0.182. The second-order valence-electron chi connectivity index (χ2n) is 8.85. The summed E-state index contributed by atoms with van der Waals surface area (Å²) in [6, 6.07) is 1.35. The summed E-state index contributed by atoms with van der Waals surface area (Å²) in [5.41, 5.74) is 0. The van der Waals surface area contributed by atoms with Crippen molar-refractivity contribution >= 4 is 5.91 Å². The van der Waals surface area contributed by atoms with Gasteiger partial charge in [0.05, 0.1) is 0 Å². The first-order valence-corrected chi connectivity index (χ1v) is 11.2. The highest BCUT2D eigenvalue weighted by atomic mass is 16.7. The third kappa shape index (κ3) is 4.19. The molecule has 4 saturated heterocycles. The van der Waals surface area contributed by atoms with Crippen molar-refractivity contribution in [2.75, 3.05) is 26.4 Å². The van der Waals surface area contributed by atoms with E-state index in [1.165, 1.54) is 12.8 Å². The molecule has 27 heavy (non-hydrogen) atoms. The molecule has 0 saturated carbocycles. The van der Waals surface area contributed by atoms with E-state index in [2.05, 4.69) is 28.5 Å². The molecule has 4 heterocycles. The van der Waals surface area contributed by atoms with Crippen LogP contribution in [-0.4, -0.2) is 77.6 Å². The minimum Gasteiger partial charge on any atom is -0.340 e. The molecule has 0 aromatic rings. The highest BCUT2D eigenvalue weighted by Gasteiger charge is 2.39. The Morgan fingerprint density at radius 3 is 2.26 bits per heavy atom. The average Bonchev–Trinajstić information content (AvgIpc) is 3.39. The maximum Gasteiger partial charge on any atom is 0.222 e. The predicted molar refractivity (Wildman–Crippen MR) is 104 cm³/mol. The number of likely N-dealkylation sites (tertiary alicyclic amines) is 1. The Morgan fingerprint density at radius 1 is 1.00 bits per heavy atom. The molecule has 5 atom stereocenters. The van der Waals surface area contributed by atoms with Crippen molar-refractivity contribution in [1.82, 2.24) is 14.7 Å². The number of hydrogen-bond donors (Lipinski definition) is 0. The Kier molecular flexibility index (Phi) is 6.37. The van der Waals surface area contributed by atoms with Gasteiger partial charge in [-0.1, -0.05) is 6.92 Å². The van der Waals surface area contributed by atoms with Gasteiger partial charge in [-0.3, -0.25) is 14.6 Å². The van der Waals surface area contributed by atoms with Gasteiger partial charge >= 0.3 is 0 Å². The van der Waals surface area contributed by atoms with Crippen LogP contribution in [0.25, 0.3) is 0 Å². The average molecular weight is 380 g/mol. The van der Waals surface area contributed by atoms with Crippen LogP contribution in [0.15, 0.2) is 0 Å². The van der Waals surface area contributed by atoms with E-state index >= 15 is 0 Å². The smallest absolute Gasteiger partial charge is 0.222 e.